The average Bonchev–Trinajstić information content (AvgIpc) is 3.36. The van der Waals surface area contributed by atoms with Crippen molar-refractivity contribution in [1.82, 2.24) is 4.57 Å². The SMILES string of the molecule is Cc1c(C#N)c(NC(=O)COC(=O)C[C@@H](C)c2ccccc2)n(Cc2ccco2)c1C. The maximum absolute atomic E-state index is 12.5. The topological polar surface area (TPSA) is 97.3 Å². The third-order valence-corrected chi connectivity index (χ3v) is 5.30. The summed E-state index contributed by atoms with van der Waals surface area (Å²) in [6.07, 6.45) is 1.74. The highest BCUT2D eigenvalue weighted by atomic mass is 16.5. The van der Waals surface area contributed by atoms with Gasteiger partial charge in [0.05, 0.1) is 24.8 Å². The fourth-order valence-electron chi connectivity index (χ4n) is 3.41. The van der Waals surface area contributed by atoms with E-state index in [1.165, 1.54) is 0 Å². The van der Waals surface area contributed by atoms with Gasteiger partial charge < -0.3 is 19.0 Å². The van der Waals surface area contributed by atoms with Crippen LogP contribution in [0.4, 0.5) is 5.82 Å². The first kappa shape index (κ1) is 21.9. The van der Waals surface area contributed by atoms with Gasteiger partial charge in [-0.05, 0) is 43.0 Å². The van der Waals surface area contributed by atoms with Gasteiger partial charge in [-0.1, -0.05) is 37.3 Å². The van der Waals surface area contributed by atoms with Crippen molar-refractivity contribution in [1.29, 1.82) is 5.26 Å². The molecule has 0 aliphatic carbocycles. The molecular formula is C24H25N3O4. The molecule has 0 saturated carbocycles. The summed E-state index contributed by atoms with van der Waals surface area (Å²) in [7, 11) is 0. The zero-order valence-electron chi connectivity index (χ0n) is 17.8. The Kier molecular flexibility index (Phi) is 6.93. The second-order valence-electron chi connectivity index (χ2n) is 7.44. The first-order chi connectivity index (χ1) is 14.9. The Morgan fingerprint density at radius 3 is 2.58 bits per heavy atom. The minimum absolute atomic E-state index is 0.0159. The fourth-order valence-corrected chi connectivity index (χ4v) is 3.41. The lowest BCUT2D eigenvalue weighted by Crippen LogP contribution is -2.23. The second-order valence-corrected chi connectivity index (χ2v) is 7.44. The number of nitriles is 1. The van der Waals surface area contributed by atoms with E-state index in [1.54, 1.807) is 12.3 Å². The van der Waals surface area contributed by atoms with Crippen molar-refractivity contribution >= 4 is 17.7 Å². The van der Waals surface area contributed by atoms with Crippen LogP contribution in [0.15, 0.2) is 53.1 Å². The van der Waals surface area contributed by atoms with E-state index in [1.807, 2.05) is 61.7 Å². The van der Waals surface area contributed by atoms with Crippen molar-refractivity contribution in [2.24, 2.45) is 0 Å². The van der Waals surface area contributed by atoms with Gasteiger partial charge in [-0.2, -0.15) is 5.26 Å². The van der Waals surface area contributed by atoms with Gasteiger partial charge >= 0.3 is 5.97 Å². The Morgan fingerprint density at radius 2 is 1.94 bits per heavy atom. The normalized spacial score (nSPS) is 11.5. The van der Waals surface area contributed by atoms with Crippen molar-refractivity contribution < 1.29 is 18.7 Å². The van der Waals surface area contributed by atoms with Gasteiger partial charge in [-0.3, -0.25) is 9.59 Å². The number of amides is 1. The number of benzene rings is 1. The summed E-state index contributed by atoms with van der Waals surface area (Å²) in [5, 5.41) is 12.3. The van der Waals surface area contributed by atoms with Crippen LogP contribution < -0.4 is 5.32 Å². The van der Waals surface area contributed by atoms with Crippen LogP contribution in [0, 0.1) is 25.2 Å². The minimum Gasteiger partial charge on any atom is -0.467 e. The third-order valence-electron chi connectivity index (χ3n) is 5.30. The molecule has 0 radical (unpaired) electrons. The van der Waals surface area contributed by atoms with Crippen LogP contribution in [-0.4, -0.2) is 23.1 Å². The Morgan fingerprint density at radius 1 is 1.19 bits per heavy atom. The number of nitrogens with zero attached hydrogens (tertiary/aromatic N) is 2. The quantitative estimate of drug-likeness (QED) is 0.549. The van der Waals surface area contributed by atoms with Gasteiger partial charge in [0.1, 0.15) is 17.6 Å². The van der Waals surface area contributed by atoms with E-state index in [2.05, 4.69) is 11.4 Å². The van der Waals surface area contributed by atoms with Crippen LogP contribution in [0.2, 0.25) is 0 Å². The predicted octanol–water partition coefficient (Wildman–Crippen LogP) is 4.29. The molecule has 2 aromatic heterocycles. The lowest BCUT2D eigenvalue weighted by Gasteiger charge is -2.13. The molecule has 2 heterocycles. The number of carbonyl (C=O) groups excluding carboxylic acids is 2. The smallest absolute Gasteiger partial charge is 0.306 e. The van der Waals surface area contributed by atoms with Crippen molar-refractivity contribution in [3.63, 3.8) is 0 Å². The van der Waals surface area contributed by atoms with Gasteiger partial charge in [0.25, 0.3) is 5.91 Å². The molecule has 1 aromatic carbocycles. The molecule has 0 aliphatic rings. The van der Waals surface area contributed by atoms with Gasteiger partial charge in [0.15, 0.2) is 6.61 Å². The van der Waals surface area contributed by atoms with Crippen LogP contribution in [0.25, 0.3) is 0 Å². The zero-order valence-corrected chi connectivity index (χ0v) is 17.8. The van der Waals surface area contributed by atoms with Gasteiger partial charge in [0.2, 0.25) is 0 Å². The second kappa shape index (κ2) is 9.81. The van der Waals surface area contributed by atoms with Gasteiger partial charge in [0, 0.05) is 5.69 Å². The summed E-state index contributed by atoms with van der Waals surface area (Å²) in [4.78, 5) is 24.7. The van der Waals surface area contributed by atoms with E-state index in [9.17, 15) is 14.9 Å². The third kappa shape index (κ3) is 5.23. The van der Waals surface area contributed by atoms with Crippen molar-refractivity contribution in [2.45, 2.75) is 39.7 Å². The highest BCUT2D eigenvalue weighted by Gasteiger charge is 2.21. The Labute approximate surface area is 181 Å². The molecule has 0 aliphatic heterocycles. The number of rotatable bonds is 8. The number of aromatic nitrogens is 1. The molecule has 7 heteroatoms. The van der Waals surface area contributed by atoms with Crippen LogP contribution >= 0.6 is 0 Å². The van der Waals surface area contributed by atoms with Gasteiger partial charge in [-0.25, -0.2) is 0 Å². The summed E-state index contributed by atoms with van der Waals surface area (Å²) in [5.74, 6) is 0.0885. The summed E-state index contributed by atoms with van der Waals surface area (Å²) in [6, 6.07) is 15.4. The van der Waals surface area contributed by atoms with E-state index in [0.29, 0.717) is 23.7 Å². The summed E-state index contributed by atoms with van der Waals surface area (Å²) in [6.45, 7) is 5.58. The maximum atomic E-state index is 12.5. The number of ether oxygens (including phenoxy) is 1. The molecule has 3 aromatic rings. The fraction of sp³-hybridized carbons (Fsp3) is 0.292. The summed E-state index contributed by atoms with van der Waals surface area (Å²) < 4.78 is 12.4. The van der Waals surface area contributed by atoms with Gasteiger partial charge in [-0.15, -0.1) is 0 Å². The number of anilines is 1. The van der Waals surface area contributed by atoms with E-state index in [0.717, 1.165) is 16.8 Å². The molecule has 0 fully saturated rings. The molecule has 1 N–H and O–H groups in total. The molecule has 1 atom stereocenters. The number of esters is 1. The highest BCUT2D eigenvalue weighted by molar-refractivity contribution is 5.93. The monoisotopic (exact) mass is 419 g/mol. The molecule has 1 amide bonds. The highest BCUT2D eigenvalue weighted by Crippen LogP contribution is 2.27. The zero-order chi connectivity index (χ0) is 22.4. The van der Waals surface area contributed by atoms with Crippen LogP contribution in [0.5, 0.6) is 0 Å². The Hall–Kier alpha value is -3.79. The summed E-state index contributed by atoms with van der Waals surface area (Å²) in [5.41, 5.74) is 3.03. The Balaban J connectivity index is 1.64. The molecule has 3 rings (SSSR count). The molecule has 0 bridgehead atoms. The molecule has 0 saturated heterocycles. The number of nitrogens with one attached hydrogen (secondary N) is 1. The number of carbonyl (C=O) groups is 2. The Bertz CT molecular complexity index is 1090. The van der Waals surface area contributed by atoms with E-state index in [4.69, 9.17) is 9.15 Å². The van der Waals surface area contributed by atoms with Crippen LogP contribution in [0.1, 0.15) is 47.4 Å². The summed E-state index contributed by atoms with van der Waals surface area (Å²) >= 11 is 0. The molecule has 160 valence electrons. The molecular weight excluding hydrogens is 394 g/mol. The first-order valence-electron chi connectivity index (χ1n) is 10.0. The maximum Gasteiger partial charge on any atom is 0.306 e. The number of furan rings is 1. The molecule has 0 unspecified atom stereocenters. The number of hydrogen-bond acceptors (Lipinski definition) is 5. The van der Waals surface area contributed by atoms with E-state index in [-0.39, 0.29) is 12.3 Å². The van der Waals surface area contributed by atoms with Crippen LogP contribution in [0.3, 0.4) is 0 Å². The minimum atomic E-state index is -0.504. The van der Waals surface area contributed by atoms with Crippen molar-refractivity contribution in [3.8, 4) is 6.07 Å². The standard InChI is InChI=1S/C24H25N3O4/c1-16(19-8-5-4-6-9-19)12-23(29)31-15-22(28)26-24-21(13-25)17(2)18(3)27(24)14-20-10-7-11-30-20/h4-11,16H,12,14-15H2,1-3H3,(H,26,28)/t16-/m1/s1. The van der Waals surface area contributed by atoms with E-state index >= 15 is 0 Å². The number of hydrogen-bond donors (Lipinski definition) is 1. The first-order valence-corrected chi connectivity index (χ1v) is 10.0. The van der Waals surface area contributed by atoms with Crippen LogP contribution in [-0.2, 0) is 20.9 Å². The largest absolute Gasteiger partial charge is 0.467 e. The lowest BCUT2D eigenvalue weighted by atomic mass is 9.98. The molecule has 31 heavy (non-hydrogen) atoms. The van der Waals surface area contributed by atoms with Crippen molar-refractivity contribution in [2.75, 3.05) is 11.9 Å². The lowest BCUT2D eigenvalue weighted by molar-refractivity contribution is -0.147. The van der Waals surface area contributed by atoms with Crippen molar-refractivity contribution in [3.05, 3.63) is 76.9 Å². The average molecular weight is 419 g/mol. The molecule has 7 nitrogen and oxygen atoms in total. The van der Waals surface area contributed by atoms with E-state index < -0.39 is 18.5 Å². The molecule has 0 spiro atoms. The predicted molar refractivity (Wildman–Crippen MR) is 115 cm³/mol.